The Morgan fingerprint density at radius 3 is 2.44 bits per heavy atom. The maximum Gasteiger partial charge on any atom is 0.268 e. The maximum atomic E-state index is 11.6. The van der Waals surface area contributed by atoms with Crippen LogP contribution in [0.15, 0.2) is 30.1 Å². The van der Waals surface area contributed by atoms with Gasteiger partial charge in [0.15, 0.2) is 5.92 Å². The first-order valence-electron chi connectivity index (χ1n) is 4.98. The number of imide groups is 1. The van der Waals surface area contributed by atoms with Crippen molar-refractivity contribution in [2.24, 2.45) is 5.92 Å². The van der Waals surface area contributed by atoms with E-state index in [4.69, 9.17) is 10.5 Å². The first-order chi connectivity index (χ1) is 8.69. The molecule has 0 radical (unpaired) electrons. The average Bonchev–Trinajstić information content (AvgIpc) is 2.39. The van der Waals surface area contributed by atoms with Crippen LogP contribution in [0.1, 0.15) is 5.56 Å². The third-order valence-electron chi connectivity index (χ3n) is 2.52. The van der Waals surface area contributed by atoms with E-state index >= 15 is 0 Å². The number of nitriles is 2. The molecule has 6 nitrogen and oxygen atoms in total. The van der Waals surface area contributed by atoms with E-state index in [-0.39, 0.29) is 11.1 Å². The number of nitrogens with zero attached hydrogens (tertiary/aromatic N) is 3. The van der Waals surface area contributed by atoms with Crippen molar-refractivity contribution in [3.63, 3.8) is 0 Å². The Kier molecular flexibility index (Phi) is 2.86. The first-order valence-corrected chi connectivity index (χ1v) is 4.98. The molecular weight excluding hydrogens is 232 g/mol. The van der Waals surface area contributed by atoms with Gasteiger partial charge in [0, 0.05) is 18.0 Å². The van der Waals surface area contributed by atoms with Gasteiger partial charge in [0.05, 0.1) is 6.07 Å². The van der Waals surface area contributed by atoms with Gasteiger partial charge in [-0.15, -0.1) is 0 Å². The molecule has 0 spiro atoms. The minimum atomic E-state index is -1.17. The van der Waals surface area contributed by atoms with E-state index in [0.717, 1.165) is 0 Å². The van der Waals surface area contributed by atoms with Gasteiger partial charge in [-0.1, -0.05) is 0 Å². The fourth-order valence-electron chi connectivity index (χ4n) is 1.72. The second kappa shape index (κ2) is 4.48. The SMILES string of the molecule is N#CC1=C(c2ccncc2)C(C#N)C(=O)NC1=O. The molecule has 1 aromatic rings. The Morgan fingerprint density at radius 1 is 1.22 bits per heavy atom. The zero-order valence-corrected chi connectivity index (χ0v) is 9.04. The largest absolute Gasteiger partial charge is 0.290 e. The van der Waals surface area contributed by atoms with Gasteiger partial charge in [-0.05, 0) is 17.7 Å². The number of carbonyl (C=O) groups is 2. The first kappa shape index (κ1) is 11.5. The van der Waals surface area contributed by atoms with Crippen LogP contribution in [0, 0.1) is 28.6 Å². The van der Waals surface area contributed by atoms with E-state index < -0.39 is 17.7 Å². The van der Waals surface area contributed by atoms with Crippen molar-refractivity contribution < 1.29 is 9.59 Å². The van der Waals surface area contributed by atoms with Gasteiger partial charge in [0.25, 0.3) is 5.91 Å². The highest BCUT2D eigenvalue weighted by molar-refractivity contribution is 6.19. The number of hydrogen-bond donors (Lipinski definition) is 1. The fraction of sp³-hybridized carbons (Fsp3) is 0.0833. The monoisotopic (exact) mass is 238 g/mol. The molecule has 0 fully saturated rings. The number of aromatic nitrogens is 1. The zero-order chi connectivity index (χ0) is 13.1. The molecule has 6 heteroatoms. The van der Waals surface area contributed by atoms with Gasteiger partial charge in [0.1, 0.15) is 11.6 Å². The lowest BCUT2D eigenvalue weighted by molar-refractivity contribution is -0.129. The molecule has 0 saturated carbocycles. The Balaban J connectivity index is 2.71. The molecule has 18 heavy (non-hydrogen) atoms. The van der Waals surface area contributed by atoms with E-state index in [1.54, 1.807) is 24.3 Å². The molecule has 0 aromatic carbocycles. The van der Waals surface area contributed by atoms with Crippen LogP contribution in [0.5, 0.6) is 0 Å². The zero-order valence-electron chi connectivity index (χ0n) is 9.04. The summed E-state index contributed by atoms with van der Waals surface area (Å²) in [5, 5.41) is 20.0. The lowest BCUT2D eigenvalue weighted by Crippen LogP contribution is -2.41. The number of rotatable bonds is 1. The second-order valence-electron chi connectivity index (χ2n) is 3.52. The molecule has 1 aliphatic heterocycles. The third-order valence-corrected chi connectivity index (χ3v) is 2.52. The van der Waals surface area contributed by atoms with Crippen molar-refractivity contribution in [2.45, 2.75) is 0 Å². The van der Waals surface area contributed by atoms with Crippen molar-refractivity contribution in [2.75, 3.05) is 0 Å². The quantitative estimate of drug-likeness (QED) is 0.701. The number of pyridine rings is 1. The van der Waals surface area contributed by atoms with Crippen LogP contribution in [-0.4, -0.2) is 16.8 Å². The number of amides is 2. The molecule has 1 atom stereocenters. The van der Waals surface area contributed by atoms with Crippen molar-refractivity contribution >= 4 is 17.4 Å². The van der Waals surface area contributed by atoms with Crippen molar-refractivity contribution in [1.29, 1.82) is 10.5 Å². The predicted octanol–water partition coefficient (Wildman–Crippen LogP) is 0.155. The Labute approximate surface area is 102 Å². The highest BCUT2D eigenvalue weighted by Gasteiger charge is 2.35. The smallest absolute Gasteiger partial charge is 0.268 e. The van der Waals surface area contributed by atoms with Crippen molar-refractivity contribution in [3.05, 3.63) is 35.7 Å². The summed E-state index contributed by atoms with van der Waals surface area (Å²) in [4.78, 5) is 26.9. The summed E-state index contributed by atoms with van der Waals surface area (Å²) in [6, 6.07) is 6.61. The summed E-state index contributed by atoms with van der Waals surface area (Å²) in [6.07, 6.45) is 2.92. The van der Waals surface area contributed by atoms with Crippen molar-refractivity contribution in [3.8, 4) is 12.1 Å². The lowest BCUT2D eigenvalue weighted by atomic mass is 9.86. The van der Waals surface area contributed by atoms with Gasteiger partial charge < -0.3 is 0 Å². The Bertz CT molecular complexity index is 634. The Morgan fingerprint density at radius 2 is 1.89 bits per heavy atom. The van der Waals surface area contributed by atoms with Crippen molar-refractivity contribution in [1.82, 2.24) is 10.3 Å². The molecule has 0 saturated heterocycles. The molecule has 2 heterocycles. The van der Waals surface area contributed by atoms with Gasteiger partial charge in [-0.2, -0.15) is 10.5 Å². The highest BCUT2D eigenvalue weighted by Crippen LogP contribution is 2.29. The minimum Gasteiger partial charge on any atom is -0.290 e. The predicted molar refractivity (Wildman–Crippen MR) is 59.0 cm³/mol. The summed E-state index contributed by atoms with van der Waals surface area (Å²) >= 11 is 0. The van der Waals surface area contributed by atoms with Crippen LogP contribution >= 0.6 is 0 Å². The van der Waals surface area contributed by atoms with E-state index in [2.05, 4.69) is 4.98 Å². The fourth-order valence-corrected chi connectivity index (χ4v) is 1.72. The van der Waals surface area contributed by atoms with Crippen LogP contribution in [0.25, 0.3) is 5.57 Å². The molecule has 1 aromatic heterocycles. The highest BCUT2D eigenvalue weighted by atomic mass is 16.2. The van der Waals surface area contributed by atoms with Crippen LogP contribution in [0.3, 0.4) is 0 Å². The Hall–Kier alpha value is -2.99. The van der Waals surface area contributed by atoms with E-state index in [9.17, 15) is 9.59 Å². The normalized spacial score (nSPS) is 18.9. The minimum absolute atomic E-state index is 0.135. The van der Waals surface area contributed by atoms with E-state index in [1.807, 2.05) is 5.32 Å². The molecule has 1 aliphatic rings. The molecule has 2 rings (SSSR count). The number of carbonyl (C=O) groups excluding carboxylic acids is 2. The summed E-state index contributed by atoms with van der Waals surface area (Å²) in [7, 11) is 0. The van der Waals surface area contributed by atoms with Crippen LogP contribution in [-0.2, 0) is 9.59 Å². The maximum absolute atomic E-state index is 11.6. The molecular formula is C12H6N4O2. The molecule has 0 aliphatic carbocycles. The van der Waals surface area contributed by atoms with Crippen LogP contribution < -0.4 is 5.32 Å². The second-order valence-corrected chi connectivity index (χ2v) is 3.52. The molecule has 1 unspecified atom stereocenters. The molecule has 2 amide bonds. The molecule has 1 N–H and O–H groups in total. The molecule has 86 valence electrons. The summed E-state index contributed by atoms with van der Waals surface area (Å²) in [6.45, 7) is 0. The van der Waals surface area contributed by atoms with E-state index in [0.29, 0.717) is 5.56 Å². The average molecular weight is 238 g/mol. The van der Waals surface area contributed by atoms with Gasteiger partial charge in [-0.25, -0.2) is 0 Å². The van der Waals surface area contributed by atoms with E-state index in [1.165, 1.54) is 12.4 Å². The van der Waals surface area contributed by atoms with Gasteiger partial charge >= 0.3 is 0 Å². The topological polar surface area (TPSA) is 107 Å². The summed E-state index contributed by atoms with van der Waals surface area (Å²) in [5.74, 6) is -2.66. The third kappa shape index (κ3) is 1.72. The summed E-state index contributed by atoms with van der Waals surface area (Å²) < 4.78 is 0. The number of nitrogens with one attached hydrogen (secondary N) is 1. The standard InChI is InChI=1S/C12H6N4O2/c13-5-8-10(7-1-3-15-4-2-7)9(6-14)12(18)16-11(8)17/h1-4,8H,(H,16,17,18). The number of hydrogen-bond acceptors (Lipinski definition) is 5. The summed E-state index contributed by atoms with van der Waals surface area (Å²) in [5.41, 5.74) is 0.389. The molecule has 0 bridgehead atoms. The lowest BCUT2D eigenvalue weighted by Gasteiger charge is -2.20. The van der Waals surface area contributed by atoms with Crippen LogP contribution in [0.2, 0.25) is 0 Å². The van der Waals surface area contributed by atoms with Crippen LogP contribution in [0.4, 0.5) is 0 Å². The van der Waals surface area contributed by atoms with Gasteiger partial charge in [-0.3, -0.25) is 19.9 Å². The van der Waals surface area contributed by atoms with Gasteiger partial charge in [0.2, 0.25) is 5.91 Å².